The van der Waals surface area contributed by atoms with Gasteiger partial charge in [-0.2, -0.15) is 10.1 Å². The molecule has 0 atom stereocenters. The lowest BCUT2D eigenvalue weighted by molar-refractivity contribution is 0.764. The Morgan fingerprint density at radius 3 is 2.71 bits per heavy atom. The first-order valence-corrected chi connectivity index (χ1v) is 7.18. The molecule has 0 spiro atoms. The predicted molar refractivity (Wildman–Crippen MR) is 70.4 cm³/mol. The number of hydrogen-bond donors (Lipinski definition) is 1. The minimum Gasteiger partial charge on any atom is -0.244 e. The number of aromatic nitrogens is 3. The molecular weight excluding hydrogens is 254 g/mol. The lowest BCUT2D eigenvalue weighted by Crippen LogP contribution is -2.13. The van der Waals surface area contributed by atoms with Crippen LogP contribution in [0.3, 0.4) is 0 Å². The first-order chi connectivity index (χ1) is 8.29. The van der Waals surface area contributed by atoms with E-state index < -0.39 is 5.69 Å². The maximum absolute atomic E-state index is 11.0. The number of H-pyrrole nitrogens is 1. The van der Waals surface area contributed by atoms with E-state index >= 15 is 0 Å². The minimum absolute atomic E-state index is 0.404. The van der Waals surface area contributed by atoms with Crippen molar-refractivity contribution in [3.8, 4) is 0 Å². The Morgan fingerprint density at radius 1 is 1.24 bits per heavy atom. The molecule has 0 amide bonds. The second-order valence-corrected chi connectivity index (χ2v) is 4.99. The summed E-state index contributed by atoms with van der Waals surface area (Å²) in [7, 11) is 0. The third-order valence-corrected chi connectivity index (χ3v) is 3.89. The highest BCUT2D eigenvalue weighted by molar-refractivity contribution is 8.01. The Bertz CT molecular complexity index is 542. The van der Waals surface area contributed by atoms with Crippen LogP contribution in [0, 0.1) is 0 Å². The van der Waals surface area contributed by atoms with Crippen molar-refractivity contribution in [2.24, 2.45) is 0 Å². The summed E-state index contributed by atoms with van der Waals surface area (Å²) < 4.78 is 0. The van der Waals surface area contributed by atoms with Gasteiger partial charge in [0.05, 0.1) is 0 Å². The Labute approximate surface area is 107 Å². The zero-order valence-corrected chi connectivity index (χ0v) is 10.8. The molecule has 1 heterocycles. The van der Waals surface area contributed by atoms with Gasteiger partial charge < -0.3 is 0 Å². The molecule has 0 fully saturated rings. The summed E-state index contributed by atoms with van der Waals surface area (Å²) in [5.41, 5.74) is 0.816. The highest BCUT2D eigenvalue weighted by atomic mass is 32.2. The fourth-order valence-corrected chi connectivity index (χ4v) is 2.86. The number of aromatic amines is 1. The number of benzene rings is 1. The lowest BCUT2D eigenvalue weighted by Gasteiger charge is -2.03. The van der Waals surface area contributed by atoms with Gasteiger partial charge in [0, 0.05) is 5.75 Å². The largest absolute Gasteiger partial charge is 0.362 e. The molecule has 1 aromatic carbocycles. The average Bonchev–Trinajstić information content (AvgIpc) is 2.38. The van der Waals surface area contributed by atoms with E-state index in [0.717, 1.165) is 10.8 Å². The number of nitrogens with zero attached hydrogens (tertiary/aromatic N) is 2. The maximum Gasteiger partial charge on any atom is 0.362 e. The van der Waals surface area contributed by atoms with Crippen molar-refractivity contribution in [1.29, 1.82) is 0 Å². The van der Waals surface area contributed by atoms with Crippen LogP contribution in [-0.4, -0.2) is 21.4 Å². The van der Waals surface area contributed by atoms with Crippen molar-refractivity contribution in [2.75, 3.05) is 6.26 Å². The zero-order chi connectivity index (χ0) is 12.1. The van der Waals surface area contributed by atoms with Gasteiger partial charge in [0.1, 0.15) is 10.1 Å². The van der Waals surface area contributed by atoms with E-state index in [1.165, 1.54) is 17.3 Å². The van der Waals surface area contributed by atoms with Gasteiger partial charge in [-0.25, -0.2) is 9.89 Å². The summed E-state index contributed by atoms with van der Waals surface area (Å²) in [5, 5.41) is 7.81. The van der Waals surface area contributed by atoms with E-state index in [1.54, 1.807) is 11.8 Å². The molecule has 6 heteroatoms. The van der Waals surface area contributed by atoms with Crippen LogP contribution in [0.25, 0.3) is 0 Å². The Balaban J connectivity index is 2.11. The summed E-state index contributed by atoms with van der Waals surface area (Å²) in [6.07, 6.45) is 1.88. The van der Waals surface area contributed by atoms with Crippen molar-refractivity contribution >= 4 is 23.5 Å². The molecule has 0 radical (unpaired) electrons. The Morgan fingerprint density at radius 2 is 2.00 bits per heavy atom. The van der Waals surface area contributed by atoms with Crippen LogP contribution in [0.2, 0.25) is 0 Å². The van der Waals surface area contributed by atoms with Crippen LogP contribution in [0.4, 0.5) is 0 Å². The fraction of sp³-hybridized carbons (Fsp3) is 0.182. The molecule has 2 rings (SSSR count). The first kappa shape index (κ1) is 12.2. The molecule has 88 valence electrons. The van der Waals surface area contributed by atoms with Gasteiger partial charge in [0.25, 0.3) is 0 Å². The van der Waals surface area contributed by atoms with Gasteiger partial charge in [-0.3, -0.25) is 0 Å². The molecule has 0 saturated carbocycles. The number of nitrogens with one attached hydrogen (secondary N) is 1. The zero-order valence-electron chi connectivity index (χ0n) is 9.21. The fourth-order valence-electron chi connectivity index (χ4n) is 1.26. The highest BCUT2D eigenvalue weighted by Crippen LogP contribution is 2.26. The number of hydrogen-bond acceptors (Lipinski definition) is 5. The van der Waals surface area contributed by atoms with E-state index in [4.69, 9.17) is 0 Å². The molecule has 0 aliphatic carbocycles. The summed E-state index contributed by atoms with van der Waals surface area (Å²) in [6.45, 7) is 0. The molecular formula is C11H11N3OS2. The third-order valence-electron chi connectivity index (χ3n) is 2.05. The van der Waals surface area contributed by atoms with Gasteiger partial charge >= 0.3 is 5.69 Å². The smallest absolute Gasteiger partial charge is 0.244 e. The van der Waals surface area contributed by atoms with Crippen LogP contribution in [0.15, 0.2) is 45.2 Å². The topological polar surface area (TPSA) is 58.6 Å². The second-order valence-electron chi connectivity index (χ2n) is 3.23. The normalized spacial score (nSPS) is 10.4. The molecule has 0 bridgehead atoms. The van der Waals surface area contributed by atoms with Crippen molar-refractivity contribution in [1.82, 2.24) is 15.2 Å². The van der Waals surface area contributed by atoms with Gasteiger partial charge in [-0.1, -0.05) is 42.1 Å². The molecule has 0 aliphatic rings. The average molecular weight is 265 g/mol. The first-order valence-electron chi connectivity index (χ1n) is 4.97. The molecule has 2 aromatic rings. The SMILES string of the molecule is CSc1nc(=O)[nH]nc1SCc1ccccc1. The van der Waals surface area contributed by atoms with Crippen molar-refractivity contribution < 1.29 is 0 Å². The van der Waals surface area contributed by atoms with Crippen molar-refractivity contribution in [3.05, 3.63) is 46.4 Å². The second kappa shape index (κ2) is 5.88. The quantitative estimate of drug-likeness (QED) is 0.859. The van der Waals surface area contributed by atoms with Crippen molar-refractivity contribution in [2.45, 2.75) is 15.8 Å². The van der Waals surface area contributed by atoms with E-state index in [9.17, 15) is 4.79 Å². The van der Waals surface area contributed by atoms with Gasteiger partial charge in [0.2, 0.25) is 0 Å². The van der Waals surface area contributed by atoms with E-state index in [2.05, 4.69) is 27.3 Å². The van der Waals surface area contributed by atoms with Crippen LogP contribution in [0.1, 0.15) is 5.56 Å². The highest BCUT2D eigenvalue weighted by Gasteiger charge is 2.06. The van der Waals surface area contributed by atoms with Crippen LogP contribution in [0.5, 0.6) is 0 Å². The summed E-state index contributed by atoms with van der Waals surface area (Å²) in [6, 6.07) is 10.1. The van der Waals surface area contributed by atoms with Crippen LogP contribution < -0.4 is 5.69 Å². The molecule has 4 nitrogen and oxygen atoms in total. The molecule has 0 aliphatic heterocycles. The molecule has 1 aromatic heterocycles. The summed E-state index contributed by atoms with van der Waals surface area (Å²) >= 11 is 3.00. The van der Waals surface area contributed by atoms with E-state index in [0.29, 0.717) is 5.03 Å². The number of rotatable bonds is 4. The standard InChI is InChI=1S/C11H11N3OS2/c1-16-9-10(13-14-11(15)12-9)17-7-8-5-3-2-4-6-8/h2-6H,7H2,1H3,(H,12,14,15). The monoisotopic (exact) mass is 265 g/mol. The van der Waals surface area contributed by atoms with E-state index in [-0.39, 0.29) is 0 Å². The lowest BCUT2D eigenvalue weighted by atomic mass is 10.2. The van der Waals surface area contributed by atoms with Gasteiger partial charge in [-0.05, 0) is 11.8 Å². The minimum atomic E-state index is -0.404. The van der Waals surface area contributed by atoms with Crippen LogP contribution >= 0.6 is 23.5 Å². The number of thioether (sulfide) groups is 2. The summed E-state index contributed by atoms with van der Waals surface area (Å²) in [5.74, 6) is 0.815. The molecule has 0 saturated heterocycles. The molecule has 1 N–H and O–H groups in total. The molecule has 0 unspecified atom stereocenters. The van der Waals surface area contributed by atoms with Gasteiger partial charge in [-0.15, -0.1) is 11.8 Å². The predicted octanol–water partition coefficient (Wildman–Crippen LogP) is 2.18. The molecule has 17 heavy (non-hydrogen) atoms. The van der Waals surface area contributed by atoms with Crippen molar-refractivity contribution in [3.63, 3.8) is 0 Å². The summed E-state index contributed by atoms with van der Waals surface area (Å²) in [4.78, 5) is 14.9. The Hall–Kier alpha value is -1.27. The third kappa shape index (κ3) is 3.34. The maximum atomic E-state index is 11.0. The Kier molecular flexibility index (Phi) is 4.22. The van der Waals surface area contributed by atoms with Gasteiger partial charge in [0.15, 0.2) is 0 Å². The van der Waals surface area contributed by atoms with Crippen LogP contribution in [-0.2, 0) is 5.75 Å². The van der Waals surface area contributed by atoms with E-state index in [1.807, 2.05) is 24.5 Å².